The highest BCUT2D eigenvalue weighted by Crippen LogP contribution is 2.20. The molecule has 1 aliphatic heterocycles. The summed E-state index contributed by atoms with van der Waals surface area (Å²) in [4.78, 5) is 11.6. The van der Waals surface area contributed by atoms with Crippen molar-refractivity contribution < 1.29 is 9.53 Å². The van der Waals surface area contributed by atoms with Crippen LogP contribution in [0.2, 0.25) is 5.02 Å². The van der Waals surface area contributed by atoms with Crippen molar-refractivity contribution in [2.45, 2.75) is 18.9 Å². The summed E-state index contributed by atoms with van der Waals surface area (Å²) < 4.78 is 5.40. The predicted octanol–water partition coefficient (Wildman–Crippen LogP) is 2.51. The van der Waals surface area contributed by atoms with Crippen LogP contribution in [0, 0.1) is 11.3 Å². The second-order valence-corrected chi connectivity index (χ2v) is 4.68. The molecule has 2 amide bonds. The normalized spacial score (nSPS) is 17.8. The van der Waals surface area contributed by atoms with E-state index >= 15 is 0 Å². The average Bonchev–Trinajstić information content (AvgIpc) is 2.90. The molecule has 6 heteroatoms. The number of carbonyl (C=O) groups is 1. The van der Waals surface area contributed by atoms with E-state index in [-0.39, 0.29) is 12.1 Å². The van der Waals surface area contributed by atoms with E-state index in [0.29, 0.717) is 22.8 Å². The maximum atomic E-state index is 11.6. The Morgan fingerprint density at radius 3 is 3.05 bits per heavy atom. The minimum absolute atomic E-state index is 0.107. The molecule has 0 radical (unpaired) electrons. The van der Waals surface area contributed by atoms with Gasteiger partial charge in [-0.2, -0.15) is 5.26 Å². The van der Waals surface area contributed by atoms with Gasteiger partial charge in [-0.15, -0.1) is 0 Å². The van der Waals surface area contributed by atoms with Crippen LogP contribution in [0.1, 0.15) is 18.4 Å². The summed E-state index contributed by atoms with van der Waals surface area (Å²) in [6.45, 7) is 1.26. The number of rotatable bonds is 3. The molecule has 19 heavy (non-hydrogen) atoms. The van der Waals surface area contributed by atoms with E-state index in [1.165, 1.54) is 0 Å². The molecule has 1 saturated heterocycles. The molecule has 1 fully saturated rings. The number of benzene rings is 1. The maximum absolute atomic E-state index is 11.6. The van der Waals surface area contributed by atoms with Crippen molar-refractivity contribution in [2.24, 2.45) is 0 Å². The fourth-order valence-electron chi connectivity index (χ4n) is 1.87. The minimum atomic E-state index is -0.309. The standard InChI is InChI=1S/C13H14ClN3O2/c14-12-6-10(4-3-9(12)7-15)17-13(18)16-8-11-2-1-5-19-11/h3-4,6,11H,1-2,5,8H2,(H2,16,17,18). The molecule has 5 nitrogen and oxygen atoms in total. The van der Waals surface area contributed by atoms with Gasteiger partial charge in [-0.3, -0.25) is 0 Å². The van der Waals surface area contributed by atoms with Gasteiger partial charge in [0.05, 0.1) is 16.7 Å². The quantitative estimate of drug-likeness (QED) is 0.893. The lowest BCUT2D eigenvalue weighted by atomic mass is 10.2. The molecule has 100 valence electrons. The first-order valence-corrected chi connectivity index (χ1v) is 6.43. The fourth-order valence-corrected chi connectivity index (χ4v) is 2.09. The Morgan fingerprint density at radius 1 is 1.58 bits per heavy atom. The summed E-state index contributed by atoms with van der Waals surface area (Å²) in [5.74, 6) is 0. The number of hydrogen-bond acceptors (Lipinski definition) is 3. The topological polar surface area (TPSA) is 74.2 Å². The lowest BCUT2D eigenvalue weighted by Crippen LogP contribution is -2.35. The summed E-state index contributed by atoms with van der Waals surface area (Å²) in [5, 5.41) is 14.5. The SMILES string of the molecule is N#Cc1ccc(NC(=O)NCC2CCCO2)cc1Cl. The van der Waals surface area contributed by atoms with Crippen LogP contribution in [-0.2, 0) is 4.74 Å². The Hall–Kier alpha value is -1.77. The lowest BCUT2D eigenvalue weighted by molar-refractivity contribution is 0.112. The molecule has 0 bridgehead atoms. The summed E-state index contributed by atoms with van der Waals surface area (Å²) >= 11 is 5.88. The van der Waals surface area contributed by atoms with Crippen molar-refractivity contribution in [2.75, 3.05) is 18.5 Å². The van der Waals surface area contributed by atoms with Crippen LogP contribution in [0.3, 0.4) is 0 Å². The largest absolute Gasteiger partial charge is 0.376 e. The number of nitrogens with zero attached hydrogens (tertiary/aromatic N) is 1. The third kappa shape index (κ3) is 3.85. The van der Waals surface area contributed by atoms with Gasteiger partial charge in [0.1, 0.15) is 6.07 Å². The molecule has 0 aromatic heterocycles. The van der Waals surface area contributed by atoms with Gasteiger partial charge >= 0.3 is 6.03 Å². The van der Waals surface area contributed by atoms with Gasteiger partial charge in [-0.05, 0) is 31.0 Å². The van der Waals surface area contributed by atoms with Crippen molar-refractivity contribution in [1.29, 1.82) is 5.26 Å². The highest BCUT2D eigenvalue weighted by atomic mass is 35.5. The number of hydrogen-bond donors (Lipinski definition) is 2. The van der Waals surface area contributed by atoms with Crippen LogP contribution >= 0.6 is 11.6 Å². The molecule has 0 spiro atoms. The number of ether oxygens (including phenoxy) is 1. The summed E-state index contributed by atoms with van der Waals surface area (Å²) in [6.07, 6.45) is 2.12. The zero-order valence-corrected chi connectivity index (χ0v) is 11.0. The number of urea groups is 1. The number of anilines is 1. The molecule has 1 aliphatic rings. The Balaban J connectivity index is 1.84. The van der Waals surface area contributed by atoms with E-state index in [0.717, 1.165) is 19.4 Å². The summed E-state index contributed by atoms with van der Waals surface area (Å²) in [6, 6.07) is 6.40. The van der Waals surface area contributed by atoms with Crippen molar-refractivity contribution >= 4 is 23.3 Å². The Morgan fingerprint density at radius 2 is 2.42 bits per heavy atom. The molecular weight excluding hydrogens is 266 g/mol. The van der Waals surface area contributed by atoms with Crippen molar-refractivity contribution in [3.05, 3.63) is 28.8 Å². The first-order valence-electron chi connectivity index (χ1n) is 6.05. The van der Waals surface area contributed by atoms with Crippen molar-refractivity contribution in [3.8, 4) is 6.07 Å². The molecule has 2 N–H and O–H groups in total. The average molecular weight is 280 g/mol. The van der Waals surface area contributed by atoms with Crippen molar-refractivity contribution in [3.63, 3.8) is 0 Å². The molecule has 2 rings (SSSR count). The molecule has 1 heterocycles. The monoisotopic (exact) mass is 279 g/mol. The summed E-state index contributed by atoms with van der Waals surface area (Å²) in [5.41, 5.74) is 0.931. The third-order valence-corrected chi connectivity index (χ3v) is 3.17. The molecule has 0 saturated carbocycles. The van der Waals surface area contributed by atoms with Crippen LogP contribution < -0.4 is 10.6 Å². The maximum Gasteiger partial charge on any atom is 0.319 e. The molecule has 1 aromatic rings. The third-order valence-electron chi connectivity index (χ3n) is 2.86. The summed E-state index contributed by atoms with van der Waals surface area (Å²) in [7, 11) is 0. The lowest BCUT2D eigenvalue weighted by Gasteiger charge is -2.12. The first kappa shape index (κ1) is 13.7. The highest BCUT2D eigenvalue weighted by molar-refractivity contribution is 6.32. The van der Waals surface area contributed by atoms with Gasteiger partial charge in [-0.1, -0.05) is 11.6 Å². The molecule has 0 aliphatic carbocycles. The van der Waals surface area contributed by atoms with Gasteiger partial charge in [-0.25, -0.2) is 4.79 Å². The second-order valence-electron chi connectivity index (χ2n) is 4.28. The Labute approximate surface area is 116 Å². The van der Waals surface area contributed by atoms with Gasteiger partial charge in [0.25, 0.3) is 0 Å². The highest BCUT2D eigenvalue weighted by Gasteiger charge is 2.16. The Kier molecular flexibility index (Phi) is 4.61. The minimum Gasteiger partial charge on any atom is -0.376 e. The van der Waals surface area contributed by atoms with Crippen LogP contribution in [0.5, 0.6) is 0 Å². The predicted molar refractivity (Wildman–Crippen MR) is 72.2 cm³/mol. The molecule has 1 unspecified atom stereocenters. The van der Waals surface area contributed by atoms with E-state index < -0.39 is 0 Å². The zero-order chi connectivity index (χ0) is 13.7. The first-order chi connectivity index (χ1) is 9.19. The molecule has 1 atom stereocenters. The second kappa shape index (κ2) is 6.41. The molecular formula is C13H14ClN3O2. The van der Waals surface area contributed by atoms with Gasteiger partial charge < -0.3 is 15.4 Å². The number of carbonyl (C=O) groups excluding carboxylic acids is 1. The van der Waals surface area contributed by atoms with Gasteiger partial charge in [0.15, 0.2) is 0 Å². The van der Waals surface area contributed by atoms with E-state index in [4.69, 9.17) is 21.6 Å². The van der Waals surface area contributed by atoms with Crippen LogP contribution in [0.15, 0.2) is 18.2 Å². The zero-order valence-electron chi connectivity index (χ0n) is 10.3. The van der Waals surface area contributed by atoms with E-state index in [2.05, 4.69) is 10.6 Å². The van der Waals surface area contributed by atoms with E-state index in [9.17, 15) is 4.79 Å². The van der Waals surface area contributed by atoms with Crippen LogP contribution in [0.4, 0.5) is 10.5 Å². The van der Waals surface area contributed by atoms with E-state index in [1.54, 1.807) is 18.2 Å². The fraction of sp³-hybridized carbons (Fsp3) is 0.385. The van der Waals surface area contributed by atoms with Gasteiger partial charge in [0.2, 0.25) is 0 Å². The number of amides is 2. The van der Waals surface area contributed by atoms with Crippen LogP contribution in [-0.4, -0.2) is 25.3 Å². The van der Waals surface area contributed by atoms with Gasteiger partial charge in [0, 0.05) is 18.8 Å². The number of nitrogens with one attached hydrogen (secondary N) is 2. The number of halogens is 1. The van der Waals surface area contributed by atoms with E-state index in [1.807, 2.05) is 6.07 Å². The van der Waals surface area contributed by atoms with Crippen molar-refractivity contribution in [1.82, 2.24) is 5.32 Å². The smallest absolute Gasteiger partial charge is 0.319 e. The van der Waals surface area contributed by atoms with Crippen LogP contribution in [0.25, 0.3) is 0 Å². The molecule has 1 aromatic carbocycles. The Bertz CT molecular complexity index is 507. The number of nitriles is 1.